The van der Waals surface area contributed by atoms with Crippen molar-refractivity contribution in [3.8, 4) is 11.1 Å². The van der Waals surface area contributed by atoms with E-state index in [9.17, 15) is 4.79 Å². The molecule has 7 heteroatoms. The van der Waals surface area contributed by atoms with Crippen LogP contribution in [-0.2, 0) is 4.79 Å². The SMILES string of the molecule is Cc1n[nH]c2ccc(-c3cncc(N[C@@H](CNC(=O)CO)c4ccccc4)c3)cc12. The largest absolute Gasteiger partial charge is 0.387 e. The van der Waals surface area contributed by atoms with Crippen molar-refractivity contribution in [2.75, 3.05) is 18.5 Å². The van der Waals surface area contributed by atoms with Gasteiger partial charge in [0.2, 0.25) is 5.91 Å². The molecule has 0 aliphatic carbocycles. The number of nitrogens with zero attached hydrogens (tertiary/aromatic N) is 2. The van der Waals surface area contributed by atoms with Gasteiger partial charge in [-0.05, 0) is 36.2 Å². The summed E-state index contributed by atoms with van der Waals surface area (Å²) in [5.74, 6) is -0.409. The van der Waals surface area contributed by atoms with Crippen molar-refractivity contribution in [1.82, 2.24) is 20.5 Å². The molecule has 4 N–H and O–H groups in total. The van der Waals surface area contributed by atoms with Gasteiger partial charge in [0.25, 0.3) is 0 Å². The topological polar surface area (TPSA) is 103 Å². The van der Waals surface area contributed by atoms with Crippen molar-refractivity contribution >= 4 is 22.5 Å². The highest BCUT2D eigenvalue weighted by molar-refractivity contribution is 5.86. The van der Waals surface area contributed by atoms with E-state index in [-0.39, 0.29) is 6.04 Å². The summed E-state index contributed by atoms with van der Waals surface area (Å²) in [6.07, 6.45) is 3.59. The summed E-state index contributed by atoms with van der Waals surface area (Å²) in [4.78, 5) is 15.9. The van der Waals surface area contributed by atoms with Gasteiger partial charge in [-0.2, -0.15) is 5.10 Å². The van der Waals surface area contributed by atoms with Crippen LogP contribution in [0.3, 0.4) is 0 Å². The van der Waals surface area contributed by atoms with Crippen LogP contribution >= 0.6 is 0 Å². The van der Waals surface area contributed by atoms with Gasteiger partial charge >= 0.3 is 0 Å². The molecule has 0 aliphatic rings. The Morgan fingerprint density at radius 2 is 1.93 bits per heavy atom. The van der Waals surface area contributed by atoms with E-state index in [1.807, 2.05) is 61.7 Å². The summed E-state index contributed by atoms with van der Waals surface area (Å²) in [6.45, 7) is 1.78. The third kappa shape index (κ3) is 4.31. The molecule has 30 heavy (non-hydrogen) atoms. The summed E-state index contributed by atoms with van der Waals surface area (Å²) in [5.41, 5.74) is 5.85. The van der Waals surface area contributed by atoms with Gasteiger partial charge in [-0.1, -0.05) is 36.4 Å². The van der Waals surface area contributed by atoms with Crippen LogP contribution in [0.2, 0.25) is 0 Å². The van der Waals surface area contributed by atoms with Crippen LogP contribution in [0.4, 0.5) is 5.69 Å². The number of aromatic nitrogens is 3. The number of carbonyl (C=O) groups excluding carboxylic acids is 1. The molecule has 0 radical (unpaired) electrons. The molecule has 1 atom stereocenters. The van der Waals surface area contributed by atoms with Crippen molar-refractivity contribution in [2.24, 2.45) is 0 Å². The highest BCUT2D eigenvalue weighted by atomic mass is 16.3. The molecule has 0 unspecified atom stereocenters. The number of rotatable bonds is 7. The Balaban J connectivity index is 1.60. The Hall–Kier alpha value is -3.71. The number of H-pyrrole nitrogens is 1. The molecule has 2 heterocycles. The predicted molar refractivity (Wildman–Crippen MR) is 117 cm³/mol. The van der Waals surface area contributed by atoms with Crippen LogP contribution in [0.15, 0.2) is 67.0 Å². The first-order chi connectivity index (χ1) is 14.6. The molecule has 0 saturated carbocycles. The summed E-state index contributed by atoms with van der Waals surface area (Å²) in [5, 5.41) is 23.6. The number of pyridine rings is 1. The van der Waals surface area contributed by atoms with Gasteiger partial charge in [0.05, 0.1) is 22.9 Å². The molecule has 0 spiro atoms. The maximum atomic E-state index is 11.5. The minimum Gasteiger partial charge on any atom is -0.387 e. The van der Waals surface area contributed by atoms with E-state index in [2.05, 4.69) is 31.9 Å². The zero-order chi connectivity index (χ0) is 20.9. The van der Waals surface area contributed by atoms with E-state index in [1.54, 1.807) is 6.20 Å². The lowest BCUT2D eigenvalue weighted by Gasteiger charge is -2.21. The molecule has 0 fully saturated rings. The fourth-order valence-corrected chi connectivity index (χ4v) is 3.41. The van der Waals surface area contributed by atoms with Crippen LogP contribution in [0.25, 0.3) is 22.0 Å². The van der Waals surface area contributed by atoms with Crippen molar-refractivity contribution < 1.29 is 9.90 Å². The Morgan fingerprint density at radius 3 is 2.73 bits per heavy atom. The molecule has 4 rings (SSSR count). The van der Waals surface area contributed by atoms with Crippen LogP contribution in [0.1, 0.15) is 17.3 Å². The summed E-state index contributed by atoms with van der Waals surface area (Å²) in [7, 11) is 0. The molecule has 0 bridgehead atoms. The second-order valence-corrected chi connectivity index (χ2v) is 7.10. The molecule has 2 aromatic carbocycles. The summed E-state index contributed by atoms with van der Waals surface area (Å²) in [6, 6.07) is 17.9. The van der Waals surface area contributed by atoms with Crippen molar-refractivity contribution in [2.45, 2.75) is 13.0 Å². The number of anilines is 1. The van der Waals surface area contributed by atoms with Crippen LogP contribution < -0.4 is 10.6 Å². The number of aliphatic hydroxyl groups excluding tert-OH is 1. The number of nitrogens with one attached hydrogen (secondary N) is 3. The fourth-order valence-electron chi connectivity index (χ4n) is 3.41. The van der Waals surface area contributed by atoms with Gasteiger partial charge in [0.15, 0.2) is 0 Å². The van der Waals surface area contributed by atoms with Crippen LogP contribution in [-0.4, -0.2) is 39.3 Å². The van der Waals surface area contributed by atoms with E-state index in [0.29, 0.717) is 6.54 Å². The number of hydrogen-bond acceptors (Lipinski definition) is 5. The van der Waals surface area contributed by atoms with E-state index in [1.165, 1.54) is 0 Å². The first-order valence-electron chi connectivity index (χ1n) is 9.73. The van der Waals surface area contributed by atoms with E-state index < -0.39 is 12.5 Å². The molecule has 0 saturated heterocycles. The molecule has 0 aliphatic heterocycles. The second-order valence-electron chi connectivity index (χ2n) is 7.10. The quantitative estimate of drug-likeness (QED) is 0.381. The zero-order valence-electron chi connectivity index (χ0n) is 16.6. The summed E-state index contributed by atoms with van der Waals surface area (Å²) >= 11 is 0. The minimum atomic E-state index is -0.533. The lowest BCUT2D eigenvalue weighted by molar-refractivity contribution is -0.123. The Labute approximate surface area is 174 Å². The van der Waals surface area contributed by atoms with E-state index >= 15 is 0 Å². The van der Waals surface area contributed by atoms with Gasteiger partial charge in [-0.15, -0.1) is 0 Å². The van der Waals surface area contributed by atoms with E-state index in [4.69, 9.17) is 5.11 Å². The monoisotopic (exact) mass is 401 g/mol. The normalized spacial score (nSPS) is 11.9. The van der Waals surface area contributed by atoms with Crippen molar-refractivity contribution in [3.05, 3.63) is 78.2 Å². The molecule has 152 valence electrons. The second kappa shape index (κ2) is 8.75. The van der Waals surface area contributed by atoms with Crippen molar-refractivity contribution in [3.63, 3.8) is 0 Å². The number of hydrogen-bond donors (Lipinski definition) is 4. The average molecular weight is 401 g/mol. The molecule has 7 nitrogen and oxygen atoms in total. The number of aromatic amines is 1. The maximum absolute atomic E-state index is 11.5. The van der Waals surface area contributed by atoms with E-state index in [0.717, 1.165) is 39.0 Å². The Kier molecular flexibility index (Phi) is 5.72. The standard InChI is InChI=1S/C23H23N5O2/c1-15-20-10-17(7-8-21(20)28-27-15)18-9-19(12-24-11-18)26-22(13-25-23(30)14-29)16-5-3-2-4-6-16/h2-12,22,26,29H,13-14H2,1H3,(H,25,30)(H,27,28)/t22-/m0/s1. The van der Waals surface area contributed by atoms with Crippen molar-refractivity contribution in [1.29, 1.82) is 0 Å². The highest BCUT2D eigenvalue weighted by Crippen LogP contribution is 2.27. The number of amides is 1. The minimum absolute atomic E-state index is 0.169. The molecule has 2 aromatic heterocycles. The van der Waals surface area contributed by atoms with Crippen LogP contribution in [0, 0.1) is 6.92 Å². The zero-order valence-corrected chi connectivity index (χ0v) is 16.6. The highest BCUT2D eigenvalue weighted by Gasteiger charge is 2.13. The number of fused-ring (bicyclic) bond motifs is 1. The molecule has 1 amide bonds. The number of carbonyl (C=O) groups is 1. The number of aryl methyl sites for hydroxylation is 1. The average Bonchev–Trinajstić information content (AvgIpc) is 3.17. The first kappa shape index (κ1) is 19.6. The van der Waals surface area contributed by atoms with Gasteiger partial charge in [-0.3, -0.25) is 14.9 Å². The van der Waals surface area contributed by atoms with Crippen LogP contribution in [0.5, 0.6) is 0 Å². The lowest BCUT2D eigenvalue weighted by atomic mass is 10.0. The Morgan fingerprint density at radius 1 is 1.10 bits per heavy atom. The molecular formula is C23H23N5O2. The van der Waals surface area contributed by atoms with Gasteiger partial charge < -0.3 is 15.7 Å². The maximum Gasteiger partial charge on any atom is 0.245 e. The lowest BCUT2D eigenvalue weighted by Crippen LogP contribution is -2.33. The third-order valence-corrected chi connectivity index (χ3v) is 5.01. The van der Waals surface area contributed by atoms with Gasteiger partial charge in [0, 0.05) is 29.9 Å². The first-order valence-corrected chi connectivity index (χ1v) is 9.73. The number of benzene rings is 2. The predicted octanol–water partition coefficient (Wildman–Crippen LogP) is 3.20. The number of aliphatic hydroxyl groups is 1. The third-order valence-electron chi connectivity index (χ3n) is 5.01. The van der Waals surface area contributed by atoms with Gasteiger partial charge in [0.1, 0.15) is 6.61 Å². The molecular weight excluding hydrogens is 378 g/mol. The smallest absolute Gasteiger partial charge is 0.245 e. The molecule has 4 aromatic rings. The fraction of sp³-hybridized carbons (Fsp3) is 0.174. The summed E-state index contributed by atoms with van der Waals surface area (Å²) < 4.78 is 0. The Bertz CT molecular complexity index is 1160. The van der Waals surface area contributed by atoms with Gasteiger partial charge in [-0.25, -0.2) is 0 Å².